The zero-order valence-electron chi connectivity index (χ0n) is 8.68. The molecule has 2 heterocycles. The molecule has 4 heteroatoms. The fraction of sp³-hybridized carbons (Fsp3) is 0.455. The standard InChI is InChI=1S/C11H14N2O2/c1-8-2-3-9(5-12-8)4-11(15)13-6-10(14)7-13/h2-3,5,10,14H,4,6-7H2,1H3. The molecule has 1 aromatic heterocycles. The maximum absolute atomic E-state index is 11.6. The number of hydrogen-bond donors (Lipinski definition) is 1. The zero-order chi connectivity index (χ0) is 10.8. The van der Waals surface area contributed by atoms with Crippen LogP contribution in [0.4, 0.5) is 0 Å². The van der Waals surface area contributed by atoms with Crippen molar-refractivity contribution >= 4 is 5.91 Å². The quantitative estimate of drug-likeness (QED) is 0.748. The Balaban J connectivity index is 1.91. The molecule has 0 aromatic carbocycles. The van der Waals surface area contributed by atoms with Gasteiger partial charge in [0, 0.05) is 25.0 Å². The van der Waals surface area contributed by atoms with Crippen molar-refractivity contribution in [3.63, 3.8) is 0 Å². The minimum atomic E-state index is -0.329. The molecule has 1 saturated heterocycles. The van der Waals surface area contributed by atoms with Crippen molar-refractivity contribution in [1.82, 2.24) is 9.88 Å². The van der Waals surface area contributed by atoms with Crippen LogP contribution in [-0.2, 0) is 11.2 Å². The summed E-state index contributed by atoms with van der Waals surface area (Å²) in [5.74, 6) is 0.0611. The van der Waals surface area contributed by atoms with Gasteiger partial charge in [-0.05, 0) is 18.6 Å². The number of aromatic nitrogens is 1. The van der Waals surface area contributed by atoms with Crippen LogP contribution in [-0.4, -0.2) is 40.1 Å². The second-order valence-electron chi connectivity index (χ2n) is 3.94. The van der Waals surface area contributed by atoms with Crippen LogP contribution in [0.1, 0.15) is 11.3 Å². The summed E-state index contributed by atoms with van der Waals surface area (Å²) in [7, 11) is 0. The van der Waals surface area contributed by atoms with Gasteiger partial charge in [0.25, 0.3) is 0 Å². The molecular formula is C11H14N2O2. The first-order valence-electron chi connectivity index (χ1n) is 5.02. The molecule has 1 aliphatic heterocycles. The molecule has 0 radical (unpaired) electrons. The molecule has 0 bridgehead atoms. The number of pyridine rings is 1. The Hall–Kier alpha value is -1.42. The molecule has 0 unspecified atom stereocenters. The van der Waals surface area contributed by atoms with Gasteiger partial charge in [0.05, 0.1) is 12.5 Å². The predicted molar refractivity (Wildman–Crippen MR) is 55.3 cm³/mol. The van der Waals surface area contributed by atoms with Crippen molar-refractivity contribution in [3.05, 3.63) is 29.6 Å². The molecule has 4 nitrogen and oxygen atoms in total. The number of hydrogen-bond acceptors (Lipinski definition) is 3. The minimum absolute atomic E-state index is 0.0611. The Morgan fingerprint density at radius 3 is 2.87 bits per heavy atom. The van der Waals surface area contributed by atoms with E-state index in [2.05, 4.69) is 4.98 Å². The molecule has 0 atom stereocenters. The van der Waals surface area contributed by atoms with Crippen molar-refractivity contribution in [2.45, 2.75) is 19.4 Å². The molecule has 1 amide bonds. The Bertz CT molecular complexity index is 355. The molecule has 80 valence electrons. The van der Waals surface area contributed by atoms with Gasteiger partial charge in [0.1, 0.15) is 0 Å². The van der Waals surface area contributed by atoms with Gasteiger partial charge >= 0.3 is 0 Å². The Morgan fingerprint density at radius 1 is 1.60 bits per heavy atom. The number of aryl methyl sites for hydroxylation is 1. The maximum Gasteiger partial charge on any atom is 0.227 e. The summed E-state index contributed by atoms with van der Waals surface area (Å²) in [6, 6.07) is 3.81. The average Bonchev–Trinajstić information content (AvgIpc) is 2.17. The van der Waals surface area contributed by atoms with E-state index in [9.17, 15) is 4.79 Å². The number of likely N-dealkylation sites (tertiary alicyclic amines) is 1. The van der Waals surface area contributed by atoms with E-state index in [4.69, 9.17) is 5.11 Å². The molecule has 1 N–H and O–H groups in total. The summed E-state index contributed by atoms with van der Waals surface area (Å²) in [6.45, 7) is 2.85. The lowest BCUT2D eigenvalue weighted by atomic mass is 10.1. The first kappa shape index (κ1) is 10.1. The third-order valence-electron chi connectivity index (χ3n) is 2.54. The number of carbonyl (C=O) groups excluding carboxylic acids is 1. The second-order valence-corrected chi connectivity index (χ2v) is 3.94. The van der Waals surface area contributed by atoms with Gasteiger partial charge in [0.2, 0.25) is 5.91 Å². The van der Waals surface area contributed by atoms with Crippen LogP contribution < -0.4 is 0 Å². The van der Waals surface area contributed by atoms with Crippen LogP contribution >= 0.6 is 0 Å². The van der Waals surface area contributed by atoms with E-state index < -0.39 is 0 Å². The lowest BCUT2D eigenvalue weighted by Crippen LogP contribution is -2.53. The van der Waals surface area contributed by atoms with Gasteiger partial charge in [0.15, 0.2) is 0 Å². The Labute approximate surface area is 88.6 Å². The number of carbonyl (C=O) groups is 1. The molecular weight excluding hydrogens is 192 g/mol. The molecule has 1 fully saturated rings. The van der Waals surface area contributed by atoms with Crippen LogP contribution in [0.15, 0.2) is 18.3 Å². The number of β-amino-alcohol motifs (C(OH)–C–C–N with tert-alkyl or cyclic N) is 1. The van der Waals surface area contributed by atoms with Crippen molar-refractivity contribution in [1.29, 1.82) is 0 Å². The van der Waals surface area contributed by atoms with Crippen molar-refractivity contribution in [2.24, 2.45) is 0 Å². The van der Waals surface area contributed by atoms with Crippen molar-refractivity contribution in [3.8, 4) is 0 Å². The van der Waals surface area contributed by atoms with Crippen molar-refractivity contribution in [2.75, 3.05) is 13.1 Å². The number of amides is 1. The van der Waals surface area contributed by atoms with Crippen LogP contribution in [0.5, 0.6) is 0 Å². The average molecular weight is 206 g/mol. The minimum Gasteiger partial charge on any atom is -0.389 e. The van der Waals surface area contributed by atoms with Gasteiger partial charge in [-0.15, -0.1) is 0 Å². The molecule has 1 aromatic rings. The first-order valence-corrected chi connectivity index (χ1v) is 5.02. The first-order chi connectivity index (χ1) is 7.15. The van der Waals surface area contributed by atoms with E-state index in [1.807, 2.05) is 19.1 Å². The molecule has 0 aliphatic carbocycles. The van der Waals surface area contributed by atoms with Crippen LogP contribution in [0.3, 0.4) is 0 Å². The SMILES string of the molecule is Cc1ccc(CC(=O)N2CC(O)C2)cn1. The van der Waals surface area contributed by atoms with E-state index in [1.54, 1.807) is 11.1 Å². The number of aliphatic hydroxyl groups is 1. The van der Waals surface area contributed by atoms with E-state index in [0.29, 0.717) is 19.5 Å². The van der Waals surface area contributed by atoms with E-state index in [1.165, 1.54) is 0 Å². The Kier molecular flexibility index (Phi) is 2.68. The highest BCUT2D eigenvalue weighted by Gasteiger charge is 2.28. The highest BCUT2D eigenvalue weighted by molar-refractivity contribution is 5.79. The van der Waals surface area contributed by atoms with E-state index in [0.717, 1.165) is 11.3 Å². The highest BCUT2D eigenvalue weighted by atomic mass is 16.3. The van der Waals surface area contributed by atoms with E-state index >= 15 is 0 Å². The third-order valence-corrected chi connectivity index (χ3v) is 2.54. The number of aliphatic hydroxyl groups excluding tert-OH is 1. The monoisotopic (exact) mass is 206 g/mol. The smallest absolute Gasteiger partial charge is 0.227 e. The third kappa shape index (κ3) is 2.33. The molecule has 0 spiro atoms. The summed E-state index contributed by atoms with van der Waals surface area (Å²) >= 11 is 0. The number of rotatable bonds is 2. The largest absolute Gasteiger partial charge is 0.389 e. The summed E-state index contributed by atoms with van der Waals surface area (Å²) in [5.41, 5.74) is 1.87. The van der Waals surface area contributed by atoms with Gasteiger partial charge in [-0.3, -0.25) is 9.78 Å². The molecule has 15 heavy (non-hydrogen) atoms. The molecule has 1 aliphatic rings. The second kappa shape index (κ2) is 3.98. The molecule has 0 saturated carbocycles. The van der Waals surface area contributed by atoms with Gasteiger partial charge in [-0.25, -0.2) is 0 Å². The highest BCUT2D eigenvalue weighted by Crippen LogP contribution is 2.10. The summed E-state index contributed by atoms with van der Waals surface area (Å²) in [5, 5.41) is 9.06. The fourth-order valence-corrected chi connectivity index (χ4v) is 1.55. The van der Waals surface area contributed by atoms with Crippen LogP contribution in [0.25, 0.3) is 0 Å². The topological polar surface area (TPSA) is 53.4 Å². The van der Waals surface area contributed by atoms with Crippen LogP contribution in [0.2, 0.25) is 0 Å². The van der Waals surface area contributed by atoms with E-state index in [-0.39, 0.29) is 12.0 Å². The van der Waals surface area contributed by atoms with Crippen molar-refractivity contribution < 1.29 is 9.90 Å². The predicted octanol–water partition coefficient (Wildman–Crippen LogP) is 0.136. The number of nitrogens with zero attached hydrogens (tertiary/aromatic N) is 2. The van der Waals surface area contributed by atoms with Gasteiger partial charge in [-0.2, -0.15) is 0 Å². The summed E-state index contributed by atoms with van der Waals surface area (Å²) in [6.07, 6.45) is 1.77. The Morgan fingerprint density at radius 2 is 2.33 bits per heavy atom. The van der Waals surface area contributed by atoms with Gasteiger partial charge < -0.3 is 10.0 Å². The maximum atomic E-state index is 11.6. The normalized spacial score (nSPS) is 16.3. The summed E-state index contributed by atoms with van der Waals surface area (Å²) in [4.78, 5) is 17.4. The molecule has 2 rings (SSSR count). The lowest BCUT2D eigenvalue weighted by Gasteiger charge is -2.35. The summed E-state index contributed by atoms with van der Waals surface area (Å²) < 4.78 is 0. The van der Waals surface area contributed by atoms with Gasteiger partial charge in [-0.1, -0.05) is 6.07 Å². The lowest BCUT2D eigenvalue weighted by molar-refractivity contribution is -0.140. The van der Waals surface area contributed by atoms with Crippen LogP contribution in [0, 0.1) is 6.92 Å². The zero-order valence-corrected chi connectivity index (χ0v) is 8.68. The fourth-order valence-electron chi connectivity index (χ4n) is 1.55.